The number of phenolic OH excluding ortho intramolecular Hbond substituents is 1. The molecule has 0 aliphatic carbocycles. The Balaban J connectivity index is 1.80. The molecule has 0 saturated carbocycles. The summed E-state index contributed by atoms with van der Waals surface area (Å²) in [5, 5.41) is 24.3. The van der Waals surface area contributed by atoms with Crippen LogP contribution in [0, 0.1) is 0 Å². The van der Waals surface area contributed by atoms with Crippen LogP contribution in [0.4, 0.5) is 0 Å². The number of fused-ring (bicyclic) bond motifs is 1. The van der Waals surface area contributed by atoms with E-state index in [0.29, 0.717) is 11.3 Å². The van der Waals surface area contributed by atoms with Crippen LogP contribution in [0.3, 0.4) is 0 Å². The first-order chi connectivity index (χ1) is 15.5. The summed E-state index contributed by atoms with van der Waals surface area (Å²) in [6, 6.07) is 3.11. The summed E-state index contributed by atoms with van der Waals surface area (Å²) in [7, 11) is 0. The third kappa shape index (κ3) is 4.92. The minimum atomic E-state index is -1.09. The van der Waals surface area contributed by atoms with Gasteiger partial charge in [0, 0.05) is 16.5 Å². The topological polar surface area (TPSA) is 145 Å². The molecule has 0 bridgehead atoms. The zero-order valence-corrected chi connectivity index (χ0v) is 19.5. The normalized spacial score (nSPS) is 24.4. The van der Waals surface area contributed by atoms with E-state index in [1.807, 2.05) is 0 Å². The molecule has 0 radical (unpaired) electrons. The van der Waals surface area contributed by atoms with Crippen LogP contribution in [0.1, 0.15) is 39.3 Å². The molecule has 2 saturated heterocycles. The number of β-lactam (4-membered cyclic amide) rings is 1. The standard InChI is InChI=1S/C22H27N3O7S/c1-5-32-14(27)10-11(2)23-15(12-6-8-13(26)9-7-12)18(28)24-16-19(29)25-17(21(30)31)22(3,4)33-20(16)25/h6-10,15-17,20,23,26H,5H2,1-4H3,(H,24,28)(H,30,31)/b11-10-/t15-,16-,17+,20-/m1/s1. The number of carboxylic acids is 1. The van der Waals surface area contributed by atoms with Crippen molar-refractivity contribution in [3.05, 3.63) is 41.6 Å². The predicted molar refractivity (Wildman–Crippen MR) is 120 cm³/mol. The van der Waals surface area contributed by atoms with Gasteiger partial charge in [0.15, 0.2) is 0 Å². The van der Waals surface area contributed by atoms with E-state index in [1.54, 1.807) is 39.8 Å². The minimum Gasteiger partial charge on any atom is -0.508 e. The highest BCUT2D eigenvalue weighted by molar-refractivity contribution is 8.01. The molecule has 2 amide bonds. The summed E-state index contributed by atoms with van der Waals surface area (Å²) in [5.74, 6) is -2.63. The van der Waals surface area contributed by atoms with Crippen molar-refractivity contribution in [2.45, 2.75) is 55.9 Å². The Hall–Kier alpha value is -3.21. The Bertz CT molecular complexity index is 992. The molecule has 33 heavy (non-hydrogen) atoms. The number of ether oxygens (including phenoxy) is 1. The summed E-state index contributed by atoms with van der Waals surface area (Å²) in [6.07, 6.45) is 1.22. The van der Waals surface area contributed by atoms with Crippen LogP contribution in [-0.4, -0.2) is 67.7 Å². The lowest BCUT2D eigenvalue weighted by atomic mass is 9.95. The number of nitrogens with zero attached hydrogens (tertiary/aromatic N) is 1. The maximum atomic E-state index is 13.2. The van der Waals surface area contributed by atoms with E-state index >= 15 is 0 Å². The zero-order chi connectivity index (χ0) is 24.5. The largest absolute Gasteiger partial charge is 0.508 e. The molecule has 4 N–H and O–H groups in total. The van der Waals surface area contributed by atoms with Gasteiger partial charge in [0.1, 0.15) is 29.2 Å². The number of carboxylic acid groups (broad SMARTS) is 1. The number of hydrogen-bond acceptors (Lipinski definition) is 8. The number of phenols is 1. The van der Waals surface area contributed by atoms with Crippen molar-refractivity contribution < 1.29 is 34.1 Å². The number of nitrogens with one attached hydrogen (secondary N) is 2. The first-order valence-corrected chi connectivity index (χ1v) is 11.3. The lowest BCUT2D eigenvalue weighted by molar-refractivity contribution is -0.161. The fraction of sp³-hybridized carbons (Fsp3) is 0.455. The highest BCUT2D eigenvalue weighted by Gasteiger charge is 2.64. The van der Waals surface area contributed by atoms with Crippen LogP contribution >= 0.6 is 11.8 Å². The minimum absolute atomic E-state index is 0.0193. The van der Waals surface area contributed by atoms with E-state index < -0.39 is 52.0 Å². The number of carbonyl (C=O) groups is 4. The van der Waals surface area contributed by atoms with Crippen LogP contribution in [0.25, 0.3) is 0 Å². The van der Waals surface area contributed by atoms with Gasteiger partial charge in [-0.15, -0.1) is 11.8 Å². The van der Waals surface area contributed by atoms with Gasteiger partial charge in [-0.3, -0.25) is 9.59 Å². The van der Waals surface area contributed by atoms with Crippen LogP contribution in [0.5, 0.6) is 5.75 Å². The Morgan fingerprint density at radius 2 is 1.91 bits per heavy atom. The molecule has 1 aromatic rings. The molecule has 178 valence electrons. The number of hydrogen-bond donors (Lipinski definition) is 4. The molecule has 2 aliphatic heterocycles. The van der Waals surface area contributed by atoms with Crippen molar-refractivity contribution >= 4 is 35.5 Å². The highest BCUT2D eigenvalue weighted by atomic mass is 32.2. The number of aromatic hydroxyl groups is 1. The smallest absolute Gasteiger partial charge is 0.332 e. The Kier molecular flexibility index (Phi) is 6.92. The molecular weight excluding hydrogens is 450 g/mol. The third-order valence-electron chi connectivity index (χ3n) is 5.45. The van der Waals surface area contributed by atoms with E-state index in [0.717, 1.165) is 0 Å². The summed E-state index contributed by atoms with van der Waals surface area (Å²) < 4.78 is 4.18. The van der Waals surface area contributed by atoms with Gasteiger partial charge in [0.2, 0.25) is 11.8 Å². The second-order valence-electron chi connectivity index (χ2n) is 8.33. The average Bonchev–Trinajstić information content (AvgIpc) is 2.99. The van der Waals surface area contributed by atoms with Gasteiger partial charge in [0.25, 0.3) is 0 Å². The summed E-state index contributed by atoms with van der Waals surface area (Å²) in [5.41, 5.74) is 0.860. The molecule has 2 fully saturated rings. The molecule has 0 aromatic heterocycles. The molecule has 0 spiro atoms. The Labute approximate surface area is 195 Å². The Morgan fingerprint density at radius 1 is 1.27 bits per heavy atom. The first kappa shape index (κ1) is 24.4. The van der Waals surface area contributed by atoms with Gasteiger partial charge < -0.3 is 30.5 Å². The van der Waals surface area contributed by atoms with E-state index in [-0.39, 0.29) is 12.4 Å². The molecule has 4 atom stereocenters. The molecule has 10 nitrogen and oxygen atoms in total. The molecule has 3 rings (SSSR count). The maximum Gasteiger partial charge on any atom is 0.332 e. The van der Waals surface area contributed by atoms with Crippen molar-refractivity contribution in [3.63, 3.8) is 0 Å². The van der Waals surface area contributed by atoms with Crippen LogP contribution in [-0.2, 0) is 23.9 Å². The summed E-state index contributed by atoms with van der Waals surface area (Å²) in [4.78, 5) is 50.7. The molecule has 1 aromatic carbocycles. The van der Waals surface area contributed by atoms with Crippen LogP contribution in [0.15, 0.2) is 36.0 Å². The van der Waals surface area contributed by atoms with E-state index in [9.17, 15) is 29.4 Å². The lowest BCUT2D eigenvalue weighted by Gasteiger charge is -2.44. The summed E-state index contributed by atoms with van der Waals surface area (Å²) in [6.45, 7) is 6.99. The number of thioether (sulfide) groups is 1. The van der Waals surface area contributed by atoms with E-state index in [2.05, 4.69) is 10.6 Å². The van der Waals surface area contributed by atoms with Gasteiger partial charge in [-0.05, 0) is 45.4 Å². The number of rotatable bonds is 8. The maximum absolute atomic E-state index is 13.2. The highest BCUT2D eigenvalue weighted by Crippen LogP contribution is 2.50. The van der Waals surface area contributed by atoms with Gasteiger partial charge in [-0.25, -0.2) is 9.59 Å². The molecule has 11 heteroatoms. The zero-order valence-electron chi connectivity index (χ0n) is 18.7. The fourth-order valence-electron chi connectivity index (χ4n) is 3.98. The number of esters is 1. The molecule has 2 heterocycles. The number of amides is 2. The van der Waals surface area contributed by atoms with Crippen molar-refractivity contribution in [3.8, 4) is 5.75 Å². The van der Waals surface area contributed by atoms with Crippen LogP contribution in [0.2, 0.25) is 0 Å². The number of carbonyl (C=O) groups excluding carboxylic acids is 3. The van der Waals surface area contributed by atoms with E-state index in [1.165, 1.54) is 34.9 Å². The molecule has 0 unspecified atom stereocenters. The Morgan fingerprint density at radius 3 is 2.48 bits per heavy atom. The first-order valence-electron chi connectivity index (χ1n) is 10.4. The van der Waals surface area contributed by atoms with Gasteiger partial charge in [-0.2, -0.15) is 0 Å². The van der Waals surface area contributed by atoms with Crippen molar-refractivity contribution in [2.24, 2.45) is 0 Å². The lowest BCUT2D eigenvalue weighted by Crippen LogP contribution is -2.71. The SMILES string of the molecule is CCOC(=O)/C=C(/C)N[C@@H](C(=O)N[C@@H]1C(=O)N2[C@@H]1SC(C)(C)[C@@H]2C(=O)O)c1ccc(O)cc1. The summed E-state index contributed by atoms with van der Waals surface area (Å²) >= 11 is 1.33. The van der Waals surface area contributed by atoms with Gasteiger partial charge in [0.05, 0.1) is 6.61 Å². The number of benzene rings is 1. The van der Waals surface area contributed by atoms with E-state index in [4.69, 9.17) is 4.74 Å². The van der Waals surface area contributed by atoms with Gasteiger partial charge >= 0.3 is 11.9 Å². The average molecular weight is 478 g/mol. The van der Waals surface area contributed by atoms with Crippen LogP contribution < -0.4 is 10.6 Å². The predicted octanol–water partition coefficient (Wildman–Crippen LogP) is 1.12. The second kappa shape index (κ2) is 9.34. The van der Waals surface area contributed by atoms with Gasteiger partial charge in [-0.1, -0.05) is 12.1 Å². The second-order valence-corrected chi connectivity index (χ2v) is 10.1. The fourth-order valence-corrected chi connectivity index (χ4v) is 5.60. The number of allylic oxidation sites excluding steroid dienone is 1. The molecule has 2 aliphatic rings. The number of aliphatic carboxylic acids is 1. The van der Waals surface area contributed by atoms with Crippen molar-refractivity contribution in [1.29, 1.82) is 0 Å². The van der Waals surface area contributed by atoms with Crippen molar-refractivity contribution in [2.75, 3.05) is 6.61 Å². The third-order valence-corrected chi connectivity index (χ3v) is 7.03. The molecular formula is C22H27N3O7S. The quantitative estimate of drug-likeness (QED) is 0.246. The van der Waals surface area contributed by atoms with Crippen molar-refractivity contribution in [1.82, 2.24) is 15.5 Å². The monoisotopic (exact) mass is 477 g/mol.